The Hall–Kier alpha value is 0.350. The summed E-state index contributed by atoms with van der Waals surface area (Å²) in [5.74, 6) is 12.3. The first-order chi connectivity index (χ1) is 19.5. The summed E-state index contributed by atoms with van der Waals surface area (Å²) in [5.41, 5.74) is 2.20. The summed E-state index contributed by atoms with van der Waals surface area (Å²) in [4.78, 5) is 0. The third-order valence-electron chi connectivity index (χ3n) is 18.1. The van der Waals surface area contributed by atoms with Gasteiger partial charge in [-0.1, -0.05) is 69.2 Å². The lowest BCUT2D eigenvalue weighted by Gasteiger charge is -2.76. The highest BCUT2D eigenvalue weighted by Crippen LogP contribution is 2.88. The Bertz CT molecular complexity index is 1090. The molecule has 16 unspecified atom stereocenters. The van der Waals surface area contributed by atoms with Crippen LogP contribution in [0.5, 0.6) is 0 Å². The quantitative estimate of drug-likeness (QED) is 0.283. The number of rotatable bonds is 1. The SMILES string of the molecule is CC1CC(C)C2C(CCC2S2(C)C3C4CC5C(CC4C4CC6C(C2C43)C(C)(C)CCC6(C)C)C(C)(C)CCC5(C)C)C1. The Morgan fingerprint density at radius 3 is 1.71 bits per heavy atom. The Labute approximate surface area is 263 Å². The second kappa shape index (κ2) is 9.03. The van der Waals surface area contributed by atoms with E-state index < -0.39 is 10.0 Å². The average Bonchev–Trinajstić information content (AvgIpc) is 3.46. The smallest absolute Gasteiger partial charge is 0.00316 e. The fourth-order valence-corrected chi connectivity index (χ4v) is 23.3. The fraction of sp³-hybridized carbons (Fsp3) is 1.00. The van der Waals surface area contributed by atoms with Gasteiger partial charge in [-0.15, -0.1) is 0 Å². The van der Waals surface area contributed by atoms with Gasteiger partial charge in [-0.25, -0.2) is 10.0 Å². The van der Waals surface area contributed by atoms with Gasteiger partial charge in [-0.2, -0.15) is 0 Å². The van der Waals surface area contributed by atoms with E-state index >= 15 is 0 Å². The van der Waals surface area contributed by atoms with Crippen molar-refractivity contribution in [3.63, 3.8) is 0 Å². The van der Waals surface area contributed by atoms with Crippen LogP contribution in [-0.4, -0.2) is 22.0 Å². The van der Waals surface area contributed by atoms with Gasteiger partial charge in [0.1, 0.15) is 0 Å². The zero-order chi connectivity index (χ0) is 29.9. The maximum atomic E-state index is 3.08. The molecule has 1 heteroatoms. The summed E-state index contributed by atoms with van der Waals surface area (Å²) in [6.07, 6.45) is 20.1. The molecule has 0 bridgehead atoms. The summed E-state index contributed by atoms with van der Waals surface area (Å²) in [6, 6.07) is 0. The zero-order valence-corrected chi connectivity index (χ0v) is 30.7. The van der Waals surface area contributed by atoms with Gasteiger partial charge in [-0.3, -0.25) is 0 Å². The molecule has 8 rings (SSSR count). The Balaban J connectivity index is 1.25. The highest BCUT2D eigenvalue weighted by atomic mass is 32.3. The lowest BCUT2D eigenvalue weighted by molar-refractivity contribution is -0.0951. The first-order valence-electron chi connectivity index (χ1n) is 19.2. The van der Waals surface area contributed by atoms with E-state index in [1.165, 1.54) is 32.1 Å². The van der Waals surface area contributed by atoms with Gasteiger partial charge in [0.25, 0.3) is 0 Å². The van der Waals surface area contributed by atoms with Crippen LogP contribution in [0.1, 0.15) is 140 Å². The van der Waals surface area contributed by atoms with Gasteiger partial charge in [-0.05, 0) is 185 Å². The van der Waals surface area contributed by atoms with Crippen LogP contribution < -0.4 is 0 Å². The molecular weight excluding hydrogens is 525 g/mol. The van der Waals surface area contributed by atoms with E-state index in [-0.39, 0.29) is 0 Å². The summed E-state index contributed by atoms with van der Waals surface area (Å²) in [5, 5.41) is 3.34. The molecule has 0 N–H and O–H groups in total. The Morgan fingerprint density at radius 1 is 0.524 bits per heavy atom. The highest BCUT2D eigenvalue weighted by Gasteiger charge is 2.77. The summed E-state index contributed by atoms with van der Waals surface area (Å²) in [7, 11) is -0.654. The normalized spacial score (nSPS) is 60.9. The third-order valence-corrected chi connectivity index (χ3v) is 23.6. The third kappa shape index (κ3) is 3.73. The van der Waals surface area contributed by atoms with Gasteiger partial charge in [0.05, 0.1) is 0 Å². The van der Waals surface area contributed by atoms with Gasteiger partial charge >= 0.3 is 0 Å². The van der Waals surface area contributed by atoms with E-state index in [9.17, 15) is 0 Å². The fourth-order valence-electron chi connectivity index (χ4n) is 16.2. The van der Waals surface area contributed by atoms with Gasteiger partial charge in [0.15, 0.2) is 0 Å². The van der Waals surface area contributed by atoms with Crippen LogP contribution >= 0.6 is 10.0 Å². The Morgan fingerprint density at radius 2 is 1.07 bits per heavy atom. The van der Waals surface area contributed by atoms with Crippen molar-refractivity contribution in [2.24, 2.45) is 92.7 Å². The second-order valence-electron chi connectivity index (χ2n) is 21.6. The van der Waals surface area contributed by atoms with Crippen molar-refractivity contribution in [1.29, 1.82) is 0 Å². The van der Waals surface area contributed by atoms with Crippen LogP contribution in [0.3, 0.4) is 0 Å². The van der Waals surface area contributed by atoms with Crippen LogP contribution in [0.4, 0.5) is 0 Å². The maximum absolute atomic E-state index is 3.08. The van der Waals surface area contributed by atoms with Crippen LogP contribution in [0.15, 0.2) is 0 Å². The molecule has 0 aromatic carbocycles. The monoisotopic (exact) mass is 595 g/mol. The van der Waals surface area contributed by atoms with Gasteiger partial charge in [0, 0.05) is 0 Å². The molecular formula is C41H70S. The zero-order valence-electron chi connectivity index (χ0n) is 29.8. The molecule has 7 saturated carbocycles. The summed E-state index contributed by atoms with van der Waals surface area (Å²) >= 11 is 0. The van der Waals surface area contributed by atoms with Crippen LogP contribution in [0, 0.1) is 92.7 Å². The molecule has 1 aliphatic heterocycles. The molecule has 0 radical (unpaired) electrons. The lowest BCUT2D eigenvalue weighted by atomic mass is 9.46. The standard InChI is InChI=1S/C41H70S/c1-23-18-24(2)33-25(19-23)12-13-32(33)42(11)36-28-22-30-29(38(3,4)14-15-39(30,5)6)20-26(28)27-21-31-35(37(42)34(27)36)41(9,10)17-16-40(31,7)8/h23-37H,12-22H2,1-11H3. The largest absolute Gasteiger partial charge is 0.234 e. The van der Waals surface area contributed by atoms with Crippen molar-refractivity contribution in [2.45, 2.75) is 156 Å². The average molecular weight is 595 g/mol. The minimum atomic E-state index is -0.654. The molecule has 42 heavy (non-hydrogen) atoms. The maximum Gasteiger partial charge on any atom is -0.00316 e. The number of hydrogen-bond acceptors (Lipinski definition) is 0. The first-order valence-corrected chi connectivity index (χ1v) is 21.5. The van der Waals surface area contributed by atoms with Crippen molar-refractivity contribution in [1.82, 2.24) is 0 Å². The van der Waals surface area contributed by atoms with Crippen molar-refractivity contribution in [3.8, 4) is 0 Å². The molecule has 240 valence electrons. The predicted octanol–water partition coefficient (Wildman–Crippen LogP) is 11.5. The molecule has 1 heterocycles. The minimum Gasteiger partial charge on any atom is -0.234 e. The van der Waals surface area contributed by atoms with Crippen LogP contribution in [0.25, 0.3) is 0 Å². The van der Waals surface area contributed by atoms with E-state index in [2.05, 4.69) is 75.5 Å². The van der Waals surface area contributed by atoms with Crippen LogP contribution in [0.2, 0.25) is 0 Å². The molecule has 1 saturated heterocycles. The molecule has 16 atom stereocenters. The van der Waals surface area contributed by atoms with Crippen molar-refractivity contribution >= 4 is 10.0 Å². The van der Waals surface area contributed by atoms with E-state index in [1.807, 2.05) is 0 Å². The Kier molecular flexibility index (Phi) is 6.39. The molecule has 0 nitrogen and oxygen atoms in total. The molecule has 8 fully saturated rings. The number of hydrogen-bond donors (Lipinski definition) is 0. The predicted molar refractivity (Wildman–Crippen MR) is 184 cm³/mol. The topological polar surface area (TPSA) is 0 Å². The minimum absolute atomic E-state index is 0.545. The highest BCUT2D eigenvalue weighted by molar-refractivity contribution is 8.35. The number of fused-ring (bicyclic) bond motifs is 7. The van der Waals surface area contributed by atoms with E-state index in [0.717, 1.165) is 86.8 Å². The lowest BCUT2D eigenvalue weighted by Crippen LogP contribution is -2.68. The van der Waals surface area contributed by atoms with E-state index in [1.54, 1.807) is 38.5 Å². The first kappa shape index (κ1) is 29.7. The van der Waals surface area contributed by atoms with Gasteiger partial charge < -0.3 is 0 Å². The summed E-state index contributed by atoms with van der Waals surface area (Å²) in [6.45, 7) is 27.1. The van der Waals surface area contributed by atoms with Crippen LogP contribution in [-0.2, 0) is 0 Å². The molecule has 0 spiro atoms. The summed E-state index contributed by atoms with van der Waals surface area (Å²) < 4.78 is 0. The van der Waals surface area contributed by atoms with Crippen molar-refractivity contribution in [3.05, 3.63) is 0 Å². The molecule has 7 aliphatic carbocycles. The van der Waals surface area contributed by atoms with E-state index in [4.69, 9.17) is 0 Å². The van der Waals surface area contributed by atoms with Gasteiger partial charge in [0.2, 0.25) is 0 Å². The molecule has 8 aliphatic rings. The second-order valence-corrected chi connectivity index (χ2v) is 25.6. The van der Waals surface area contributed by atoms with E-state index in [0.29, 0.717) is 21.7 Å². The molecule has 0 amide bonds. The molecule has 0 aromatic heterocycles. The van der Waals surface area contributed by atoms with Crippen molar-refractivity contribution < 1.29 is 0 Å². The molecule has 0 aromatic rings. The van der Waals surface area contributed by atoms with Crippen molar-refractivity contribution in [2.75, 3.05) is 6.26 Å².